The van der Waals surface area contributed by atoms with Gasteiger partial charge in [0.1, 0.15) is 18.0 Å². The number of nitrogens with zero attached hydrogens (tertiary/aromatic N) is 6. The van der Waals surface area contributed by atoms with Crippen LogP contribution in [0.3, 0.4) is 0 Å². The van der Waals surface area contributed by atoms with E-state index in [2.05, 4.69) is 30.3 Å². The Kier molecular flexibility index (Phi) is 5.18. The van der Waals surface area contributed by atoms with Crippen molar-refractivity contribution in [3.05, 3.63) is 47.3 Å². The molecule has 3 aromatic heterocycles. The monoisotopic (exact) mass is 379 g/mol. The van der Waals surface area contributed by atoms with Crippen LogP contribution in [0.15, 0.2) is 41.7 Å². The first-order chi connectivity index (χ1) is 13.6. The highest BCUT2D eigenvalue weighted by atomic mass is 16.1. The molecule has 1 unspecified atom stereocenters. The number of hydrogen-bond acceptors (Lipinski definition) is 7. The first kappa shape index (κ1) is 18.3. The van der Waals surface area contributed by atoms with E-state index in [9.17, 15) is 4.79 Å². The fourth-order valence-corrected chi connectivity index (χ4v) is 3.72. The zero-order valence-electron chi connectivity index (χ0n) is 16.2. The maximum absolute atomic E-state index is 12.1. The van der Waals surface area contributed by atoms with Gasteiger partial charge in [-0.3, -0.25) is 9.78 Å². The van der Waals surface area contributed by atoms with E-state index in [1.807, 2.05) is 26.0 Å². The van der Waals surface area contributed by atoms with Crippen LogP contribution in [0.25, 0.3) is 10.9 Å². The van der Waals surface area contributed by atoms with Gasteiger partial charge in [0.25, 0.3) is 5.56 Å². The van der Waals surface area contributed by atoms with E-state index in [0.29, 0.717) is 0 Å². The molecule has 0 aromatic carbocycles. The molecule has 0 aliphatic carbocycles. The Bertz CT molecular complexity index is 1010. The zero-order chi connectivity index (χ0) is 19.5. The van der Waals surface area contributed by atoms with Crippen molar-refractivity contribution in [3.8, 4) is 0 Å². The lowest BCUT2D eigenvalue weighted by Crippen LogP contribution is -2.45. The number of aromatic nitrogens is 5. The topological polar surface area (TPSA) is 88.8 Å². The number of piperidine rings is 1. The van der Waals surface area contributed by atoms with Gasteiger partial charge in [-0.25, -0.2) is 14.6 Å². The molecule has 4 heterocycles. The van der Waals surface area contributed by atoms with Crippen LogP contribution < -0.4 is 15.8 Å². The fourth-order valence-electron chi connectivity index (χ4n) is 3.72. The van der Waals surface area contributed by atoms with Gasteiger partial charge >= 0.3 is 0 Å². The summed E-state index contributed by atoms with van der Waals surface area (Å²) in [4.78, 5) is 27.2. The van der Waals surface area contributed by atoms with Crippen LogP contribution in [0.5, 0.6) is 0 Å². The summed E-state index contributed by atoms with van der Waals surface area (Å²) >= 11 is 0. The smallest absolute Gasteiger partial charge is 0.267 e. The number of anilines is 2. The summed E-state index contributed by atoms with van der Waals surface area (Å²) in [5, 5.41) is 9.07. The molecule has 1 N–H and O–H groups in total. The minimum atomic E-state index is -0.0634. The predicted molar refractivity (Wildman–Crippen MR) is 110 cm³/mol. The molecule has 0 radical (unpaired) electrons. The van der Waals surface area contributed by atoms with E-state index >= 15 is 0 Å². The molecule has 0 bridgehead atoms. The van der Waals surface area contributed by atoms with Crippen molar-refractivity contribution < 1.29 is 0 Å². The van der Waals surface area contributed by atoms with Gasteiger partial charge in [-0.2, -0.15) is 5.10 Å². The van der Waals surface area contributed by atoms with Crippen LogP contribution in [0.4, 0.5) is 11.6 Å². The molecule has 4 rings (SSSR count). The first-order valence-electron chi connectivity index (χ1n) is 9.78. The lowest BCUT2D eigenvalue weighted by molar-refractivity contribution is 0.451. The quantitative estimate of drug-likeness (QED) is 0.729. The Morgan fingerprint density at radius 3 is 2.96 bits per heavy atom. The first-order valence-corrected chi connectivity index (χ1v) is 9.78. The minimum absolute atomic E-state index is 0.0369. The molecule has 1 fully saturated rings. The molecule has 146 valence electrons. The Morgan fingerprint density at radius 2 is 2.11 bits per heavy atom. The molecule has 1 aliphatic rings. The highest BCUT2D eigenvalue weighted by Gasteiger charge is 2.24. The van der Waals surface area contributed by atoms with E-state index in [1.54, 1.807) is 29.5 Å². The molecule has 1 aliphatic heterocycles. The predicted octanol–water partition coefficient (Wildman–Crippen LogP) is 2.63. The second-order valence-electron chi connectivity index (χ2n) is 7.41. The van der Waals surface area contributed by atoms with E-state index in [-0.39, 0.29) is 17.6 Å². The van der Waals surface area contributed by atoms with E-state index in [4.69, 9.17) is 0 Å². The second-order valence-corrected chi connectivity index (χ2v) is 7.41. The van der Waals surface area contributed by atoms with Crippen molar-refractivity contribution in [2.24, 2.45) is 0 Å². The van der Waals surface area contributed by atoms with Crippen LogP contribution in [0.2, 0.25) is 0 Å². The molecule has 1 saturated heterocycles. The van der Waals surface area contributed by atoms with Gasteiger partial charge in [0.2, 0.25) is 0 Å². The summed E-state index contributed by atoms with van der Waals surface area (Å²) < 4.78 is 1.55. The van der Waals surface area contributed by atoms with Crippen LogP contribution in [0.1, 0.15) is 39.2 Å². The molecule has 3 aromatic rings. The largest absolute Gasteiger partial charge is 0.367 e. The zero-order valence-corrected chi connectivity index (χ0v) is 16.2. The van der Waals surface area contributed by atoms with Crippen molar-refractivity contribution in [3.63, 3.8) is 0 Å². The fraction of sp³-hybridized carbons (Fsp3) is 0.450. The summed E-state index contributed by atoms with van der Waals surface area (Å²) in [5.74, 6) is 1.68. The summed E-state index contributed by atoms with van der Waals surface area (Å²) in [5.41, 5.74) is 0.762. The molecule has 1 atom stereocenters. The number of pyridine rings is 1. The molecule has 0 amide bonds. The summed E-state index contributed by atoms with van der Waals surface area (Å²) in [7, 11) is 0. The third kappa shape index (κ3) is 3.67. The number of fused-ring (bicyclic) bond motifs is 1. The number of rotatable bonds is 5. The highest BCUT2D eigenvalue weighted by Crippen LogP contribution is 2.24. The molecule has 8 heteroatoms. The molecular formula is C20H25N7O. The minimum Gasteiger partial charge on any atom is -0.367 e. The third-order valence-corrected chi connectivity index (χ3v) is 5.17. The van der Waals surface area contributed by atoms with E-state index < -0.39 is 0 Å². The highest BCUT2D eigenvalue weighted by molar-refractivity contribution is 5.87. The number of hydrogen-bond donors (Lipinski definition) is 1. The standard InChI is InChI=1S/C20H25N7O/c1-14(2)27-19(28)7-6-18(25-27)26-10-4-3-5-15(26)11-22-20-16-8-9-21-12-17(16)23-13-24-20/h6-9,12-15H,3-5,10-11H2,1-2H3,(H,22,23,24). The summed E-state index contributed by atoms with van der Waals surface area (Å²) in [6, 6.07) is 5.70. The lowest BCUT2D eigenvalue weighted by Gasteiger charge is -2.37. The summed E-state index contributed by atoms with van der Waals surface area (Å²) in [6.07, 6.45) is 8.43. The van der Waals surface area contributed by atoms with Crippen LogP contribution in [0, 0.1) is 0 Å². The van der Waals surface area contributed by atoms with Crippen molar-refractivity contribution in [2.75, 3.05) is 23.3 Å². The van der Waals surface area contributed by atoms with Crippen molar-refractivity contribution >= 4 is 22.5 Å². The average molecular weight is 379 g/mol. The SMILES string of the molecule is CC(C)n1nc(N2CCCCC2CNc2ncnc3cnccc23)ccc1=O. The van der Waals surface area contributed by atoms with Crippen molar-refractivity contribution in [1.29, 1.82) is 0 Å². The maximum atomic E-state index is 12.1. The molecule has 28 heavy (non-hydrogen) atoms. The van der Waals surface area contributed by atoms with Gasteiger partial charge in [-0.05, 0) is 45.2 Å². The maximum Gasteiger partial charge on any atom is 0.267 e. The van der Waals surface area contributed by atoms with Gasteiger partial charge in [-0.1, -0.05) is 0 Å². The van der Waals surface area contributed by atoms with Crippen molar-refractivity contribution in [1.82, 2.24) is 24.7 Å². The normalized spacial score (nSPS) is 17.2. The van der Waals surface area contributed by atoms with Gasteiger partial charge in [-0.15, -0.1) is 0 Å². The Morgan fingerprint density at radius 1 is 1.21 bits per heavy atom. The van der Waals surface area contributed by atoms with E-state index in [1.165, 1.54) is 6.42 Å². The Balaban J connectivity index is 1.56. The summed E-state index contributed by atoms with van der Waals surface area (Å²) in [6.45, 7) is 5.63. The van der Waals surface area contributed by atoms with Crippen LogP contribution in [-0.2, 0) is 0 Å². The van der Waals surface area contributed by atoms with Gasteiger partial charge in [0.15, 0.2) is 0 Å². The molecule has 0 spiro atoms. The Hall–Kier alpha value is -3.03. The Labute approximate surface area is 163 Å². The molecule has 0 saturated carbocycles. The van der Waals surface area contributed by atoms with Crippen LogP contribution >= 0.6 is 0 Å². The van der Waals surface area contributed by atoms with E-state index in [0.717, 1.165) is 48.5 Å². The lowest BCUT2D eigenvalue weighted by atomic mass is 10.0. The molecular weight excluding hydrogens is 354 g/mol. The van der Waals surface area contributed by atoms with Gasteiger partial charge in [0, 0.05) is 36.8 Å². The van der Waals surface area contributed by atoms with Crippen molar-refractivity contribution in [2.45, 2.75) is 45.2 Å². The van der Waals surface area contributed by atoms with Crippen LogP contribution in [-0.4, -0.2) is 43.9 Å². The van der Waals surface area contributed by atoms with Gasteiger partial charge in [0.05, 0.1) is 17.8 Å². The second kappa shape index (κ2) is 7.92. The number of nitrogens with one attached hydrogen (secondary N) is 1. The van der Waals surface area contributed by atoms with Gasteiger partial charge < -0.3 is 10.2 Å². The molecule has 8 nitrogen and oxygen atoms in total. The third-order valence-electron chi connectivity index (χ3n) is 5.17. The average Bonchev–Trinajstić information content (AvgIpc) is 2.72.